The maximum Gasteiger partial charge on any atom is 0.241 e. The maximum absolute atomic E-state index is 13.5. The van der Waals surface area contributed by atoms with E-state index in [1.54, 1.807) is 18.0 Å². The molecule has 1 amide bonds. The summed E-state index contributed by atoms with van der Waals surface area (Å²) >= 11 is 0. The number of amides is 1. The highest BCUT2D eigenvalue weighted by molar-refractivity contribution is 5.98. The number of nitrogens with one attached hydrogen (secondary N) is 1. The average Bonchev–Trinajstić information content (AvgIpc) is 3.25. The molecule has 32 heavy (non-hydrogen) atoms. The van der Waals surface area contributed by atoms with E-state index in [1.807, 2.05) is 30.4 Å². The van der Waals surface area contributed by atoms with Crippen molar-refractivity contribution >= 4 is 36.4 Å². The first-order chi connectivity index (χ1) is 14.3. The van der Waals surface area contributed by atoms with Crippen LogP contribution in [0.3, 0.4) is 0 Å². The van der Waals surface area contributed by atoms with Gasteiger partial charge in [-0.2, -0.15) is 5.10 Å². The number of carbonyl (C=O) groups excluding carboxylic acids is 1. The van der Waals surface area contributed by atoms with Gasteiger partial charge in [0, 0.05) is 74.8 Å². The molecule has 178 valence electrons. The summed E-state index contributed by atoms with van der Waals surface area (Å²) in [6.07, 6.45) is 5.67. The van der Waals surface area contributed by atoms with Crippen LogP contribution in [0.4, 0.5) is 5.69 Å². The zero-order valence-electron chi connectivity index (χ0n) is 19.4. The number of halogens is 2. The average molecular weight is 485 g/mol. The van der Waals surface area contributed by atoms with Crippen LogP contribution in [0.25, 0.3) is 11.3 Å². The van der Waals surface area contributed by atoms with Crippen LogP contribution in [0.15, 0.2) is 24.7 Å². The van der Waals surface area contributed by atoms with E-state index in [4.69, 9.17) is 4.74 Å². The summed E-state index contributed by atoms with van der Waals surface area (Å²) in [5, 5.41) is 7.73. The highest BCUT2D eigenvalue weighted by Gasteiger charge is 2.39. The quantitative estimate of drug-likeness (QED) is 0.701. The highest BCUT2D eigenvalue weighted by atomic mass is 35.5. The molecule has 1 saturated heterocycles. The van der Waals surface area contributed by atoms with Crippen LogP contribution >= 0.6 is 24.8 Å². The first kappa shape index (κ1) is 26.5. The summed E-state index contributed by atoms with van der Waals surface area (Å²) in [7, 11) is 3.60. The van der Waals surface area contributed by atoms with E-state index < -0.39 is 0 Å². The highest BCUT2D eigenvalue weighted by Crippen LogP contribution is 2.41. The van der Waals surface area contributed by atoms with Gasteiger partial charge >= 0.3 is 0 Å². The van der Waals surface area contributed by atoms with Gasteiger partial charge in [0.15, 0.2) is 0 Å². The lowest BCUT2D eigenvalue weighted by molar-refractivity contribution is -0.121. The van der Waals surface area contributed by atoms with E-state index in [0.29, 0.717) is 25.7 Å². The summed E-state index contributed by atoms with van der Waals surface area (Å²) in [5.74, 6) is 0.125. The molecule has 0 bridgehead atoms. The molecule has 2 aromatic heterocycles. The Kier molecular flexibility index (Phi) is 8.69. The molecule has 2 atom stereocenters. The summed E-state index contributed by atoms with van der Waals surface area (Å²) < 4.78 is 7.15. The molecule has 4 rings (SSSR count). The number of aryl methyl sites for hydroxylation is 1. The minimum absolute atomic E-state index is 0. The van der Waals surface area contributed by atoms with Crippen molar-refractivity contribution in [2.24, 2.45) is 7.05 Å². The van der Waals surface area contributed by atoms with Crippen molar-refractivity contribution in [3.05, 3.63) is 30.2 Å². The Morgan fingerprint density at radius 3 is 2.72 bits per heavy atom. The fourth-order valence-corrected chi connectivity index (χ4v) is 4.53. The van der Waals surface area contributed by atoms with Crippen molar-refractivity contribution in [2.45, 2.75) is 38.3 Å². The van der Waals surface area contributed by atoms with Crippen molar-refractivity contribution in [3.63, 3.8) is 0 Å². The fourth-order valence-electron chi connectivity index (χ4n) is 4.53. The van der Waals surface area contributed by atoms with Gasteiger partial charge in [0.1, 0.15) is 0 Å². The number of methoxy groups -OCH3 is 1. The van der Waals surface area contributed by atoms with E-state index in [2.05, 4.69) is 41.1 Å². The van der Waals surface area contributed by atoms with Gasteiger partial charge in [0.2, 0.25) is 5.91 Å². The molecule has 0 aliphatic carbocycles. The molecule has 0 saturated carbocycles. The van der Waals surface area contributed by atoms with Gasteiger partial charge in [0.05, 0.1) is 30.7 Å². The normalized spacial score (nSPS) is 22.1. The molecule has 1 fully saturated rings. The predicted octanol–water partition coefficient (Wildman–Crippen LogP) is 2.26. The maximum atomic E-state index is 13.5. The van der Waals surface area contributed by atoms with Gasteiger partial charge in [-0.05, 0) is 13.0 Å². The molecular weight excluding hydrogens is 451 g/mol. The number of hydrogen-bond acceptors (Lipinski definition) is 6. The molecular formula is C22H34Cl2N6O2. The van der Waals surface area contributed by atoms with Crippen molar-refractivity contribution in [1.29, 1.82) is 0 Å². The summed E-state index contributed by atoms with van der Waals surface area (Å²) in [6.45, 7) is 9.83. The lowest BCUT2D eigenvalue weighted by atomic mass is 9.88. The Morgan fingerprint density at radius 2 is 2.06 bits per heavy atom. The molecule has 4 heterocycles. The summed E-state index contributed by atoms with van der Waals surface area (Å²) in [5.41, 5.74) is 3.74. The molecule has 2 aliphatic rings. The molecule has 10 heteroatoms. The SMILES string of the molecule is COC[C@H]1CN[C@H](C)CN1CC(=O)N1CC(C)(C)c2cnc(-c3cnn(C)c3)cc21.Cl.Cl. The van der Waals surface area contributed by atoms with E-state index in [0.717, 1.165) is 35.6 Å². The molecule has 0 spiro atoms. The minimum Gasteiger partial charge on any atom is -0.383 e. The van der Waals surface area contributed by atoms with Crippen molar-refractivity contribution in [3.8, 4) is 11.3 Å². The smallest absolute Gasteiger partial charge is 0.241 e. The van der Waals surface area contributed by atoms with Crippen LogP contribution in [-0.4, -0.2) is 77.6 Å². The summed E-state index contributed by atoms with van der Waals surface area (Å²) in [4.78, 5) is 22.3. The Hall–Kier alpha value is -1.71. The topological polar surface area (TPSA) is 75.5 Å². The van der Waals surface area contributed by atoms with Crippen molar-refractivity contribution < 1.29 is 9.53 Å². The van der Waals surface area contributed by atoms with Gasteiger partial charge < -0.3 is 15.0 Å². The van der Waals surface area contributed by atoms with Crippen LogP contribution in [0.1, 0.15) is 26.3 Å². The molecule has 1 N–H and O–H groups in total. The van der Waals surface area contributed by atoms with E-state index in [9.17, 15) is 4.79 Å². The second-order valence-electron chi connectivity index (χ2n) is 9.20. The number of nitrogens with zero attached hydrogens (tertiary/aromatic N) is 5. The Labute approximate surface area is 202 Å². The zero-order valence-corrected chi connectivity index (χ0v) is 21.0. The van der Waals surface area contributed by atoms with E-state index in [1.165, 1.54) is 0 Å². The number of ether oxygens (including phenoxy) is 1. The number of piperazine rings is 1. The van der Waals surface area contributed by atoms with Gasteiger partial charge in [0.25, 0.3) is 0 Å². The molecule has 2 aliphatic heterocycles. The van der Waals surface area contributed by atoms with Crippen LogP contribution < -0.4 is 10.2 Å². The molecule has 8 nitrogen and oxygen atoms in total. The first-order valence-corrected chi connectivity index (χ1v) is 10.5. The Bertz CT molecular complexity index is 935. The number of pyridine rings is 1. The molecule has 0 aromatic carbocycles. The Balaban J connectivity index is 0.00000181. The van der Waals surface area contributed by atoms with Gasteiger partial charge in [-0.1, -0.05) is 13.8 Å². The largest absolute Gasteiger partial charge is 0.383 e. The third-order valence-electron chi connectivity index (χ3n) is 6.18. The second kappa shape index (κ2) is 10.5. The predicted molar refractivity (Wildman–Crippen MR) is 131 cm³/mol. The zero-order chi connectivity index (χ0) is 21.5. The van der Waals surface area contributed by atoms with Crippen LogP contribution in [0, 0.1) is 0 Å². The summed E-state index contributed by atoms with van der Waals surface area (Å²) in [6, 6.07) is 2.59. The third-order valence-corrected chi connectivity index (χ3v) is 6.18. The minimum atomic E-state index is -0.131. The first-order valence-electron chi connectivity index (χ1n) is 10.5. The third kappa shape index (κ3) is 5.26. The van der Waals surface area contributed by atoms with Gasteiger partial charge in [-0.15, -0.1) is 24.8 Å². The Morgan fingerprint density at radius 1 is 1.31 bits per heavy atom. The van der Waals surface area contributed by atoms with Crippen LogP contribution in [0.5, 0.6) is 0 Å². The molecule has 0 unspecified atom stereocenters. The van der Waals surface area contributed by atoms with E-state index >= 15 is 0 Å². The van der Waals surface area contributed by atoms with E-state index in [-0.39, 0.29) is 42.2 Å². The number of hydrogen-bond donors (Lipinski definition) is 1. The van der Waals surface area contributed by atoms with Crippen molar-refractivity contribution in [1.82, 2.24) is 25.0 Å². The fraction of sp³-hybridized carbons (Fsp3) is 0.591. The second-order valence-corrected chi connectivity index (χ2v) is 9.20. The number of fused-ring (bicyclic) bond motifs is 1. The number of carbonyl (C=O) groups is 1. The van der Waals surface area contributed by atoms with Crippen LogP contribution in [0.2, 0.25) is 0 Å². The molecule has 0 radical (unpaired) electrons. The monoisotopic (exact) mass is 484 g/mol. The number of rotatable bonds is 5. The number of aromatic nitrogens is 3. The standard InChI is InChI=1S/C22H32N6O2.2ClH/c1-15-10-27(17(8-23-15)13-30-5)12-21(29)28-14-22(2,3)18-9-24-19(6-20(18)28)16-7-25-26(4)11-16;;/h6-7,9,11,15,17,23H,8,10,12-14H2,1-5H3;2*1H/t15-,17-;;/m1../s1. The number of anilines is 1. The van der Waals surface area contributed by atoms with Gasteiger partial charge in [-0.3, -0.25) is 19.4 Å². The lowest BCUT2D eigenvalue weighted by Crippen LogP contribution is -2.59. The van der Waals surface area contributed by atoms with Gasteiger partial charge in [-0.25, -0.2) is 0 Å². The van der Waals surface area contributed by atoms with Crippen LogP contribution in [-0.2, 0) is 22.0 Å². The molecule has 2 aromatic rings. The lowest BCUT2D eigenvalue weighted by Gasteiger charge is -2.39. The van der Waals surface area contributed by atoms with Crippen molar-refractivity contribution in [2.75, 3.05) is 44.8 Å².